The molecule has 0 bridgehead atoms. The van der Waals surface area contributed by atoms with Crippen molar-refractivity contribution in [3.63, 3.8) is 0 Å². The Kier molecular flexibility index (Phi) is 9.39. The van der Waals surface area contributed by atoms with Gasteiger partial charge in [0.1, 0.15) is 23.9 Å². The molecule has 5 N–H and O–H groups in total. The molecule has 2 unspecified atom stereocenters. The van der Waals surface area contributed by atoms with Crippen molar-refractivity contribution in [2.45, 2.75) is 39.1 Å². The normalized spacial score (nSPS) is 13.6. The van der Waals surface area contributed by atoms with Crippen LogP contribution in [0, 0.1) is 0 Å². The number of anilines is 2. The zero-order chi connectivity index (χ0) is 17.1. The van der Waals surface area contributed by atoms with Crippen molar-refractivity contribution in [3.05, 3.63) is 18.2 Å². The van der Waals surface area contributed by atoms with Gasteiger partial charge in [-0.1, -0.05) is 19.9 Å². The van der Waals surface area contributed by atoms with Crippen molar-refractivity contribution >= 4 is 11.4 Å². The summed E-state index contributed by atoms with van der Waals surface area (Å²) in [5.41, 5.74) is 0.766. The fraction of sp³-hybridized carbons (Fsp3) is 0.625. The van der Waals surface area contributed by atoms with E-state index in [0.29, 0.717) is 24.6 Å². The molecule has 0 radical (unpaired) electrons. The Labute approximate surface area is 137 Å². The second kappa shape index (κ2) is 11.1. The van der Waals surface area contributed by atoms with Crippen LogP contribution in [0.15, 0.2) is 18.2 Å². The number of aliphatic hydroxyl groups excluding tert-OH is 2. The minimum absolute atomic E-state index is 0.0359. The molecule has 2 atom stereocenters. The zero-order valence-electron chi connectivity index (χ0n) is 13.8. The molecule has 0 aromatic heterocycles. The summed E-state index contributed by atoms with van der Waals surface area (Å²) in [6, 6.07) is 4.82. The number of ether oxygens (including phenoxy) is 2. The number of phenolic OH excluding ortho intramolecular Hbond substituents is 1. The maximum atomic E-state index is 9.97. The van der Waals surface area contributed by atoms with Gasteiger partial charge in [-0.05, 0) is 25.0 Å². The van der Waals surface area contributed by atoms with E-state index in [-0.39, 0.29) is 19.0 Å². The van der Waals surface area contributed by atoms with Crippen LogP contribution in [-0.2, 0) is 9.47 Å². The Morgan fingerprint density at radius 2 is 1.52 bits per heavy atom. The van der Waals surface area contributed by atoms with Gasteiger partial charge in [0, 0.05) is 13.2 Å². The zero-order valence-corrected chi connectivity index (χ0v) is 13.8. The van der Waals surface area contributed by atoms with Gasteiger partial charge in [-0.15, -0.1) is 0 Å². The Balaban J connectivity index is 2.63. The Hall–Kier alpha value is -1.54. The summed E-state index contributed by atoms with van der Waals surface area (Å²) in [5, 5.41) is 35.4. The standard InChI is InChI=1S/C16H28N2O5/c1-3-8-22-10-14(20)17-12-6-5-7-13(19)16(12)18-15(21)11-23-9-4-2/h5-7,14-15,17-21H,3-4,8-11H2,1-2H3. The van der Waals surface area contributed by atoms with Gasteiger partial charge in [0.15, 0.2) is 0 Å². The lowest BCUT2D eigenvalue weighted by Crippen LogP contribution is -2.28. The molecule has 0 aliphatic rings. The number of aliphatic hydroxyl groups is 2. The number of nitrogens with one attached hydrogen (secondary N) is 2. The average Bonchev–Trinajstić information content (AvgIpc) is 2.51. The van der Waals surface area contributed by atoms with Crippen LogP contribution in [0.25, 0.3) is 0 Å². The second-order valence-electron chi connectivity index (χ2n) is 5.17. The van der Waals surface area contributed by atoms with Crippen LogP contribution in [0.2, 0.25) is 0 Å². The molecule has 0 fully saturated rings. The number of aromatic hydroxyl groups is 1. The number of phenols is 1. The highest BCUT2D eigenvalue weighted by atomic mass is 16.5. The summed E-state index contributed by atoms with van der Waals surface area (Å²) in [6.45, 7) is 5.32. The van der Waals surface area contributed by atoms with Crippen molar-refractivity contribution in [1.29, 1.82) is 0 Å². The number of benzene rings is 1. The van der Waals surface area contributed by atoms with Crippen molar-refractivity contribution in [2.75, 3.05) is 37.1 Å². The molecule has 0 heterocycles. The quantitative estimate of drug-likeness (QED) is 0.226. The molecular formula is C16H28N2O5. The third kappa shape index (κ3) is 7.51. The first-order chi connectivity index (χ1) is 11.1. The molecule has 23 heavy (non-hydrogen) atoms. The first-order valence-corrected chi connectivity index (χ1v) is 7.95. The number of para-hydroxylation sites is 1. The largest absolute Gasteiger partial charge is 0.506 e. The SMILES string of the molecule is CCCOCC(O)Nc1cccc(O)c1NC(O)COCCC. The lowest BCUT2D eigenvalue weighted by atomic mass is 10.2. The molecule has 1 aromatic rings. The van der Waals surface area contributed by atoms with Crippen molar-refractivity contribution in [2.24, 2.45) is 0 Å². The molecule has 0 aliphatic heterocycles. The van der Waals surface area contributed by atoms with Gasteiger partial charge in [0.05, 0.1) is 18.9 Å². The van der Waals surface area contributed by atoms with E-state index < -0.39 is 12.5 Å². The summed E-state index contributed by atoms with van der Waals surface area (Å²) in [5.74, 6) is -0.0359. The highest BCUT2D eigenvalue weighted by Gasteiger charge is 2.14. The van der Waals surface area contributed by atoms with Crippen molar-refractivity contribution in [3.8, 4) is 5.75 Å². The van der Waals surface area contributed by atoms with Crippen LogP contribution in [0.4, 0.5) is 11.4 Å². The van der Waals surface area contributed by atoms with Crippen LogP contribution in [0.1, 0.15) is 26.7 Å². The molecular weight excluding hydrogens is 300 g/mol. The molecule has 7 nitrogen and oxygen atoms in total. The lowest BCUT2D eigenvalue weighted by Gasteiger charge is -2.21. The van der Waals surface area contributed by atoms with Gasteiger partial charge in [0.25, 0.3) is 0 Å². The van der Waals surface area contributed by atoms with Gasteiger partial charge in [-0.2, -0.15) is 0 Å². The van der Waals surface area contributed by atoms with E-state index in [0.717, 1.165) is 12.8 Å². The van der Waals surface area contributed by atoms with E-state index in [4.69, 9.17) is 9.47 Å². The van der Waals surface area contributed by atoms with Gasteiger partial charge in [0.2, 0.25) is 0 Å². The van der Waals surface area contributed by atoms with E-state index in [9.17, 15) is 15.3 Å². The molecule has 1 aromatic carbocycles. The van der Waals surface area contributed by atoms with Gasteiger partial charge in [-0.3, -0.25) is 0 Å². The maximum Gasteiger partial charge on any atom is 0.148 e. The Morgan fingerprint density at radius 3 is 2.09 bits per heavy atom. The minimum atomic E-state index is -0.969. The van der Waals surface area contributed by atoms with Crippen molar-refractivity contribution < 1.29 is 24.8 Å². The first-order valence-electron chi connectivity index (χ1n) is 7.95. The smallest absolute Gasteiger partial charge is 0.148 e. The van der Waals surface area contributed by atoms with Crippen LogP contribution in [0.3, 0.4) is 0 Å². The molecule has 0 aliphatic carbocycles. The average molecular weight is 328 g/mol. The van der Waals surface area contributed by atoms with Crippen LogP contribution in [0.5, 0.6) is 5.75 Å². The lowest BCUT2D eigenvalue weighted by molar-refractivity contribution is 0.0499. The van der Waals surface area contributed by atoms with Crippen LogP contribution in [-0.4, -0.2) is 54.2 Å². The summed E-state index contributed by atoms with van der Waals surface area (Å²) in [6.07, 6.45) is -0.156. The Morgan fingerprint density at radius 1 is 0.957 bits per heavy atom. The van der Waals surface area contributed by atoms with E-state index in [1.165, 1.54) is 6.07 Å². The van der Waals surface area contributed by atoms with Crippen molar-refractivity contribution in [1.82, 2.24) is 0 Å². The van der Waals surface area contributed by atoms with E-state index in [1.54, 1.807) is 12.1 Å². The van der Waals surface area contributed by atoms with E-state index >= 15 is 0 Å². The molecule has 7 heteroatoms. The third-order valence-corrected chi connectivity index (χ3v) is 2.92. The third-order valence-electron chi connectivity index (χ3n) is 2.92. The van der Waals surface area contributed by atoms with E-state index in [1.807, 2.05) is 13.8 Å². The monoisotopic (exact) mass is 328 g/mol. The first kappa shape index (κ1) is 19.5. The molecule has 1 rings (SSSR count). The predicted octanol–water partition coefficient (Wildman–Crippen LogP) is 1.71. The molecule has 132 valence electrons. The fourth-order valence-electron chi connectivity index (χ4n) is 1.92. The van der Waals surface area contributed by atoms with Crippen LogP contribution >= 0.6 is 0 Å². The van der Waals surface area contributed by atoms with Gasteiger partial charge in [-0.25, -0.2) is 0 Å². The number of rotatable bonds is 12. The minimum Gasteiger partial charge on any atom is -0.506 e. The number of hydrogen-bond acceptors (Lipinski definition) is 7. The van der Waals surface area contributed by atoms with Gasteiger partial charge >= 0.3 is 0 Å². The number of hydrogen-bond donors (Lipinski definition) is 5. The second-order valence-corrected chi connectivity index (χ2v) is 5.17. The molecule has 0 amide bonds. The topological polar surface area (TPSA) is 103 Å². The Bertz CT molecular complexity index is 444. The van der Waals surface area contributed by atoms with E-state index in [2.05, 4.69) is 10.6 Å². The summed E-state index contributed by atoms with van der Waals surface area (Å²) >= 11 is 0. The fourth-order valence-corrected chi connectivity index (χ4v) is 1.92. The molecule has 0 spiro atoms. The maximum absolute atomic E-state index is 9.97. The van der Waals surface area contributed by atoms with Crippen LogP contribution < -0.4 is 10.6 Å². The summed E-state index contributed by atoms with van der Waals surface area (Å²) < 4.78 is 10.5. The summed E-state index contributed by atoms with van der Waals surface area (Å²) in [4.78, 5) is 0. The predicted molar refractivity (Wildman–Crippen MR) is 89.6 cm³/mol. The summed E-state index contributed by atoms with van der Waals surface area (Å²) in [7, 11) is 0. The highest BCUT2D eigenvalue weighted by Crippen LogP contribution is 2.32. The molecule has 0 saturated carbocycles. The highest BCUT2D eigenvalue weighted by molar-refractivity contribution is 5.75. The molecule has 0 saturated heterocycles. The van der Waals surface area contributed by atoms with Gasteiger partial charge < -0.3 is 35.4 Å².